The van der Waals surface area contributed by atoms with Crippen molar-refractivity contribution in [3.63, 3.8) is 0 Å². The second kappa shape index (κ2) is 8.60. The van der Waals surface area contributed by atoms with Gasteiger partial charge in [-0.05, 0) is 23.6 Å². The highest BCUT2D eigenvalue weighted by Gasteiger charge is 2.23. The number of hydrogen-bond donors (Lipinski definition) is 1. The second-order valence-corrected chi connectivity index (χ2v) is 8.07. The Bertz CT molecular complexity index is 501. The number of thioether (sulfide) groups is 1. The molecule has 0 aliphatic carbocycles. The zero-order valence-electron chi connectivity index (χ0n) is 14.7. The first-order chi connectivity index (χ1) is 11.0. The minimum atomic E-state index is 0.121. The first-order valence-electron chi connectivity index (χ1n) is 8.32. The van der Waals surface area contributed by atoms with Gasteiger partial charge in [-0.25, -0.2) is 0 Å². The molecular formula is C18H29N3OS. The fourth-order valence-corrected chi connectivity index (χ4v) is 4.02. The fourth-order valence-electron chi connectivity index (χ4n) is 2.65. The lowest BCUT2D eigenvalue weighted by Gasteiger charge is -2.33. The van der Waals surface area contributed by atoms with E-state index in [0.29, 0.717) is 24.3 Å². The number of carbonyl (C=O) groups excluding carboxylic acids is 1. The van der Waals surface area contributed by atoms with Gasteiger partial charge in [-0.2, -0.15) is 11.8 Å². The summed E-state index contributed by atoms with van der Waals surface area (Å²) < 4.78 is 0. The zero-order chi connectivity index (χ0) is 16.8. The van der Waals surface area contributed by atoms with E-state index in [1.165, 1.54) is 5.69 Å². The predicted octanol–water partition coefficient (Wildman–Crippen LogP) is 2.44. The van der Waals surface area contributed by atoms with Crippen molar-refractivity contribution in [2.45, 2.75) is 25.6 Å². The maximum Gasteiger partial charge on any atom is 0.234 e. The molecule has 1 aliphatic heterocycles. The Hall–Kier alpha value is -1.20. The molecule has 0 bridgehead atoms. The van der Waals surface area contributed by atoms with Crippen LogP contribution in [0.4, 0.5) is 5.69 Å². The molecule has 0 spiro atoms. The van der Waals surface area contributed by atoms with E-state index in [0.717, 1.165) is 24.4 Å². The normalized spacial score (nSPS) is 18.9. The summed E-state index contributed by atoms with van der Waals surface area (Å²) >= 11 is 2.04. The first-order valence-corrected chi connectivity index (χ1v) is 9.37. The van der Waals surface area contributed by atoms with Gasteiger partial charge in [0.05, 0.1) is 6.54 Å². The second-order valence-electron chi connectivity index (χ2n) is 6.73. The molecule has 1 aromatic rings. The predicted molar refractivity (Wildman–Crippen MR) is 100 cm³/mol. The molecule has 1 aromatic carbocycles. The molecule has 4 nitrogen and oxygen atoms in total. The van der Waals surface area contributed by atoms with Crippen LogP contribution in [-0.4, -0.2) is 55.5 Å². The highest BCUT2D eigenvalue weighted by Crippen LogP contribution is 2.24. The number of anilines is 1. The lowest BCUT2D eigenvalue weighted by atomic mass is 10.1. The molecule has 1 heterocycles. The Balaban J connectivity index is 1.76. The van der Waals surface area contributed by atoms with Gasteiger partial charge < -0.3 is 10.2 Å². The molecule has 2 rings (SSSR count). The highest BCUT2D eigenvalue weighted by atomic mass is 32.2. The van der Waals surface area contributed by atoms with Crippen LogP contribution in [0.25, 0.3) is 0 Å². The molecule has 23 heavy (non-hydrogen) atoms. The van der Waals surface area contributed by atoms with Crippen molar-refractivity contribution < 1.29 is 4.79 Å². The molecule has 1 atom stereocenters. The van der Waals surface area contributed by atoms with Crippen LogP contribution in [0.2, 0.25) is 0 Å². The van der Waals surface area contributed by atoms with Gasteiger partial charge in [-0.1, -0.05) is 26.0 Å². The number of amides is 1. The summed E-state index contributed by atoms with van der Waals surface area (Å²) in [5, 5.41) is 3.69. The number of hydrogen-bond acceptors (Lipinski definition) is 4. The van der Waals surface area contributed by atoms with E-state index in [-0.39, 0.29) is 5.91 Å². The van der Waals surface area contributed by atoms with Crippen LogP contribution in [0.3, 0.4) is 0 Å². The van der Waals surface area contributed by atoms with Gasteiger partial charge in [-0.3, -0.25) is 9.69 Å². The van der Waals surface area contributed by atoms with Crippen LogP contribution in [0.1, 0.15) is 19.4 Å². The number of carbonyl (C=O) groups is 1. The van der Waals surface area contributed by atoms with Crippen molar-refractivity contribution >= 4 is 23.4 Å². The Morgan fingerprint density at radius 1 is 1.35 bits per heavy atom. The SMILES string of the molecule is CC(C)[C@@H]1CN(CC(=O)NCc2ccc(N(C)C)cc2)CCS1. The van der Waals surface area contributed by atoms with E-state index in [2.05, 4.69) is 53.2 Å². The molecule has 1 N–H and O–H groups in total. The van der Waals surface area contributed by atoms with Crippen LogP contribution < -0.4 is 10.2 Å². The van der Waals surface area contributed by atoms with E-state index in [1.54, 1.807) is 0 Å². The van der Waals surface area contributed by atoms with Crippen molar-refractivity contribution in [1.82, 2.24) is 10.2 Å². The molecule has 1 fully saturated rings. The third-order valence-corrected chi connectivity index (χ3v) is 5.77. The lowest BCUT2D eigenvalue weighted by molar-refractivity contribution is -0.122. The largest absolute Gasteiger partial charge is 0.378 e. The van der Waals surface area contributed by atoms with Crippen molar-refractivity contribution in [1.29, 1.82) is 0 Å². The number of nitrogens with zero attached hydrogens (tertiary/aromatic N) is 2. The number of benzene rings is 1. The van der Waals surface area contributed by atoms with Gasteiger partial charge >= 0.3 is 0 Å². The van der Waals surface area contributed by atoms with Crippen molar-refractivity contribution in [2.75, 3.05) is 44.4 Å². The molecule has 1 amide bonds. The van der Waals surface area contributed by atoms with Crippen molar-refractivity contribution in [2.24, 2.45) is 5.92 Å². The maximum atomic E-state index is 12.2. The van der Waals surface area contributed by atoms with Gasteiger partial charge in [0.2, 0.25) is 5.91 Å². The van der Waals surface area contributed by atoms with Crippen LogP contribution in [0.15, 0.2) is 24.3 Å². The van der Waals surface area contributed by atoms with Crippen molar-refractivity contribution in [3.8, 4) is 0 Å². The van der Waals surface area contributed by atoms with Gasteiger partial charge in [0, 0.05) is 50.4 Å². The fraction of sp³-hybridized carbons (Fsp3) is 0.611. The summed E-state index contributed by atoms with van der Waals surface area (Å²) in [6.07, 6.45) is 0. The third-order valence-electron chi connectivity index (χ3n) is 4.23. The summed E-state index contributed by atoms with van der Waals surface area (Å²) in [7, 11) is 4.05. The summed E-state index contributed by atoms with van der Waals surface area (Å²) in [6, 6.07) is 8.30. The zero-order valence-corrected chi connectivity index (χ0v) is 15.5. The maximum absolute atomic E-state index is 12.2. The summed E-state index contributed by atoms with van der Waals surface area (Å²) in [5.74, 6) is 1.92. The van der Waals surface area contributed by atoms with E-state index in [9.17, 15) is 4.79 Å². The molecule has 0 saturated carbocycles. The molecular weight excluding hydrogens is 306 g/mol. The number of rotatable bonds is 6. The molecule has 0 radical (unpaired) electrons. The monoisotopic (exact) mass is 335 g/mol. The Kier molecular flexibility index (Phi) is 6.78. The quantitative estimate of drug-likeness (QED) is 0.866. The minimum Gasteiger partial charge on any atom is -0.378 e. The van der Waals surface area contributed by atoms with Crippen LogP contribution in [0, 0.1) is 5.92 Å². The Morgan fingerprint density at radius 2 is 2.04 bits per heavy atom. The number of nitrogens with one attached hydrogen (secondary N) is 1. The average molecular weight is 336 g/mol. The van der Waals surface area contributed by atoms with E-state index in [4.69, 9.17) is 0 Å². The molecule has 5 heteroatoms. The molecule has 1 aliphatic rings. The molecule has 1 saturated heterocycles. The van der Waals surface area contributed by atoms with Gasteiger partial charge in [-0.15, -0.1) is 0 Å². The smallest absolute Gasteiger partial charge is 0.234 e. The van der Waals surface area contributed by atoms with E-state index >= 15 is 0 Å². The van der Waals surface area contributed by atoms with E-state index in [1.807, 2.05) is 25.9 Å². The topological polar surface area (TPSA) is 35.6 Å². The standard InChI is InChI=1S/C18H29N3OS/c1-14(2)17-12-21(9-10-23-17)13-18(22)19-11-15-5-7-16(8-6-15)20(3)4/h5-8,14,17H,9-13H2,1-4H3,(H,19,22)/t17-/m0/s1. The molecule has 0 unspecified atom stereocenters. The average Bonchev–Trinajstić information content (AvgIpc) is 2.53. The van der Waals surface area contributed by atoms with Gasteiger partial charge in [0.15, 0.2) is 0 Å². The Labute approximate surface area is 144 Å². The Morgan fingerprint density at radius 3 is 2.65 bits per heavy atom. The van der Waals surface area contributed by atoms with Crippen LogP contribution >= 0.6 is 11.8 Å². The summed E-state index contributed by atoms with van der Waals surface area (Å²) in [4.78, 5) is 16.5. The first kappa shape index (κ1) is 18.1. The molecule has 128 valence electrons. The van der Waals surface area contributed by atoms with E-state index < -0.39 is 0 Å². The van der Waals surface area contributed by atoms with Crippen LogP contribution in [0.5, 0.6) is 0 Å². The molecule has 0 aromatic heterocycles. The summed E-state index contributed by atoms with van der Waals surface area (Å²) in [6.45, 7) is 7.67. The summed E-state index contributed by atoms with van der Waals surface area (Å²) in [5.41, 5.74) is 2.31. The lowest BCUT2D eigenvalue weighted by Crippen LogP contribution is -2.45. The third kappa shape index (κ3) is 5.74. The minimum absolute atomic E-state index is 0.121. The van der Waals surface area contributed by atoms with Gasteiger partial charge in [0.25, 0.3) is 0 Å². The van der Waals surface area contributed by atoms with Gasteiger partial charge in [0.1, 0.15) is 0 Å². The van der Waals surface area contributed by atoms with Crippen LogP contribution in [-0.2, 0) is 11.3 Å². The highest BCUT2D eigenvalue weighted by molar-refractivity contribution is 8.00. The van der Waals surface area contributed by atoms with Crippen molar-refractivity contribution in [3.05, 3.63) is 29.8 Å².